The number of amides is 2. The highest BCUT2D eigenvalue weighted by Crippen LogP contribution is 2.36. The lowest BCUT2D eigenvalue weighted by Crippen LogP contribution is -2.42. The Balaban J connectivity index is 1.41. The van der Waals surface area contributed by atoms with Crippen molar-refractivity contribution in [2.24, 2.45) is 10.1 Å². The summed E-state index contributed by atoms with van der Waals surface area (Å²) in [6.45, 7) is -0.259. The number of nitrogens with zero attached hydrogens (tertiary/aromatic N) is 3. The molecule has 5 rings (SSSR count). The lowest BCUT2D eigenvalue weighted by Gasteiger charge is -2.26. The van der Waals surface area contributed by atoms with Gasteiger partial charge < -0.3 is 14.5 Å². The first-order chi connectivity index (χ1) is 20.1. The number of nitrogens with one attached hydrogen (secondary N) is 1. The van der Waals surface area contributed by atoms with Gasteiger partial charge in [-0.05, 0) is 40.2 Å². The maximum Gasteiger partial charge on any atom is 0.418 e. The Morgan fingerprint density at radius 1 is 1.12 bits per heavy atom. The third-order valence-electron chi connectivity index (χ3n) is 6.60. The summed E-state index contributed by atoms with van der Waals surface area (Å²) in [7, 11) is 0. The highest BCUT2D eigenvalue weighted by Gasteiger charge is 2.36. The van der Waals surface area contributed by atoms with Gasteiger partial charge in [0.25, 0.3) is 5.91 Å². The zero-order chi connectivity index (χ0) is 29.9. The van der Waals surface area contributed by atoms with Gasteiger partial charge in [0, 0.05) is 35.5 Å². The molecule has 0 saturated carbocycles. The normalized spacial score (nSPS) is 18.4. The summed E-state index contributed by atoms with van der Waals surface area (Å²) in [5.41, 5.74) is 0.901. The Labute approximate surface area is 252 Å². The third-order valence-corrected chi connectivity index (χ3v) is 7.30. The molecule has 0 aliphatic carbocycles. The van der Waals surface area contributed by atoms with E-state index in [1.807, 2.05) is 54.6 Å². The van der Waals surface area contributed by atoms with Gasteiger partial charge in [0.1, 0.15) is 17.3 Å². The van der Waals surface area contributed by atoms with Gasteiger partial charge in [-0.3, -0.25) is 15.1 Å². The Morgan fingerprint density at radius 3 is 2.57 bits per heavy atom. The van der Waals surface area contributed by atoms with Gasteiger partial charge in [0.05, 0.1) is 22.6 Å². The molecule has 42 heavy (non-hydrogen) atoms. The van der Waals surface area contributed by atoms with Crippen LogP contribution in [0.2, 0.25) is 5.02 Å². The molecule has 2 aliphatic rings. The molecule has 1 N–H and O–H groups in total. The van der Waals surface area contributed by atoms with E-state index in [-0.39, 0.29) is 17.7 Å². The minimum Gasteiger partial charge on any atom is -0.446 e. The Morgan fingerprint density at radius 2 is 1.86 bits per heavy atom. The second-order valence-corrected chi connectivity index (χ2v) is 10.8. The summed E-state index contributed by atoms with van der Waals surface area (Å²) in [5, 5.41) is 5.87. The maximum atomic E-state index is 13.9. The minimum atomic E-state index is -4.77. The van der Waals surface area contributed by atoms with Crippen LogP contribution >= 0.6 is 27.5 Å². The average Bonchev–Trinajstić information content (AvgIpc) is 3.34. The van der Waals surface area contributed by atoms with E-state index in [1.165, 1.54) is 6.07 Å². The topological polar surface area (TPSA) is 92.6 Å². The van der Waals surface area contributed by atoms with Crippen molar-refractivity contribution in [3.63, 3.8) is 0 Å². The molecule has 2 aliphatic heterocycles. The molecule has 2 heterocycles. The molecule has 0 fully saturated rings. The van der Waals surface area contributed by atoms with E-state index in [2.05, 4.69) is 26.4 Å². The number of aliphatic imine (C=N–C) groups is 1. The smallest absolute Gasteiger partial charge is 0.418 e. The highest BCUT2D eigenvalue weighted by molar-refractivity contribution is 9.18. The summed E-state index contributed by atoms with van der Waals surface area (Å²) in [4.78, 5) is 38.3. The quantitative estimate of drug-likeness (QED) is 0.293. The number of carbonyl (C=O) groups excluding carboxylic acids is 2. The number of rotatable bonds is 7. The van der Waals surface area contributed by atoms with E-state index in [1.54, 1.807) is 4.90 Å². The number of oxime groups is 1. The number of benzodiazepines with no additional fused rings is 1. The van der Waals surface area contributed by atoms with E-state index < -0.39 is 42.1 Å². The molecule has 3 aromatic rings. The molecular weight excluding hydrogens is 641 g/mol. The van der Waals surface area contributed by atoms with E-state index in [4.69, 9.17) is 26.2 Å². The van der Waals surface area contributed by atoms with Crippen molar-refractivity contribution < 1.29 is 32.3 Å². The number of alkyl halides is 3. The number of fused-ring (bicyclic) bond motifs is 1. The predicted octanol–water partition coefficient (Wildman–Crippen LogP) is 7.05. The van der Waals surface area contributed by atoms with Crippen molar-refractivity contribution in [1.29, 1.82) is 0 Å². The molecule has 0 spiro atoms. The largest absolute Gasteiger partial charge is 0.446 e. The van der Waals surface area contributed by atoms with Gasteiger partial charge in [0.2, 0.25) is 0 Å². The van der Waals surface area contributed by atoms with Crippen LogP contribution < -0.4 is 10.2 Å². The molecule has 13 heteroatoms. The molecule has 0 radical (unpaired) electrons. The Bertz CT molecular complexity index is 1550. The van der Waals surface area contributed by atoms with Crippen LogP contribution in [0.25, 0.3) is 0 Å². The highest BCUT2D eigenvalue weighted by atomic mass is 79.9. The van der Waals surface area contributed by atoms with Gasteiger partial charge >= 0.3 is 12.3 Å². The number of hydrogen-bond acceptors (Lipinski definition) is 6. The first-order valence-electron chi connectivity index (χ1n) is 12.8. The van der Waals surface area contributed by atoms with Gasteiger partial charge in [-0.25, -0.2) is 4.79 Å². The van der Waals surface area contributed by atoms with Gasteiger partial charge in [-0.1, -0.05) is 65.3 Å². The molecule has 0 unspecified atom stereocenters. The van der Waals surface area contributed by atoms with Crippen LogP contribution in [0.3, 0.4) is 0 Å². The van der Waals surface area contributed by atoms with Gasteiger partial charge in [-0.15, -0.1) is 0 Å². The maximum absolute atomic E-state index is 13.9. The molecule has 0 bridgehead atoms. The first kappa shape index (κ1) is 29.6. The van der Waals surface area contributed by atoms with E-state index in [9.17, 15) is 22.8 Å². The van der Waals surface area contributed by atoms with Crippen LogP contribution in [0.4, 0.5) is 29.3 Å². The standard InChI is InChI=1S/C29H23BrClF3N4O4/c30-25-15-19(42-37-25)12-13-38-24-9-5-4-8-20(24)26(17-6-2-1-3-7-17)35-23(27(38)39)16-41-28(40)36-22-11-10-18(31)14-21(22)29(32,33)34/h1-11,14,19,23H,12-13,15-16H2,(H,36,40)/t19-,23+/m0/s1. The van der Waals surface area contributed by atoms with Gasteiger partial charge in [-0.2, -0.15) is 13.2 Å². The number of carbonyl (C=O) groups is 2. The van der Waals surface area contributed by atoms with Crippen LogP contribution in [0, 0.1) is 0 Å². The summed E-state index contributed by atoms with van der Waals surface area (Å²) in [6, 6.07) is 18.3. The predicted molar refractivity (Wildman–Crippen MR) is 157 cm³/mol. The SMILES string of the molecule is O=C(Nc1ccc(Cl)cc1C(F)(F)F)OC[C@H]1N=C(c2ccccc2)c2ccccc2N(CC[C@H]2CC(Br)=NO2)C1=O. The van der Waals surface area contributed by atoms with E-state index in [0.717, 1.165) is 11.6 Å². The second kappa shape index (κ2) is 12.5. The van der Waals surface area contributed by atoms with Crippen molar-refractivity contribution in [1.82, 2.24) is 0 Å². The third kappa shape index (κ3) is 6.76. The average molecular weight is 664 g/mol. The van der Waals surface area contributed by atoms with Crippen molar-refractivity contribution >= 4 is 61.2 Å². The number of anilines is 2. The molecule has 0 aromatic heterocycles. The monoisotopic (exact) mass is 662 g/mol. The lowest BCUT2D eigenvalue weighted by atomic mass is 10.00. The zero-order valence-corrected chi connectivity index (χ0v) is 24.1. The van der Waals surface area contributed by atoms with Crippen LogP contribution in [-0.4, -0.2) is 47.6 Å². The summed E-state index contributed by atoms with van der Waals surface area (Å²) in [6.07, 6.45) is -5.16. The van der Waals surface area contributed by atoms with Crippen molar-refractivity contribution in [3.05, 3.63) is 94.5 Å². The summed E-state index contributed by atoms with van der Waals surface area (Å²) < 4.78 is 46.4. The van der Waals surface area contributed by atoms with Crippen molar-refractivity contribution in [3.8, 4) is 0 Å². The Kier molecular flexibility index (Phi) is 8.83. The van der Waals surface area contributed by atoms with Gasteiger partial charge in [0.15, 0.2) is 6.04 Å². The molecule has 218 valence electrons. The minimum absolute atomic E-state index is 0.144. The van der Waals surface area contributed by atoms with Crippen LogP contribution in [0.1, 0.15) is 29.5 Å². The zero-order valence-electron chi connectivity index (χ0n) is 21.8. The van der Waals surface area contributed by atoms with E-state index >= 15 is 0 Å². The second-order valence-electron chi connectivity index (χ2n) is 9.47. The number of halogens is 5. The lowest BCUT2D eigenvalue weighted by molar-refractivity contribution is -0.136. The molecule has 0 saturated heterocycles. The van der Waals surface area contributed by atoms with Crippen LogP contribution in [0.15, 0.2) is 82.9 Å². The molecule has 2 atom stereocenters. The summed E-state index contributed by atoms with van der Waals surface area (Å²) in [5.74, 6) is -0.443. The number of ether oxygens (including phenoxy) is 1. The van der Waals surface area contributed by atoms with Crippen molar-refractivity contribution in [2.75, 3.05) is 23.4 Å². The molecule has 2 amide bonds. The van der Waals surface area contributed by atoms with Crippen LogP contribution in [-0.2, 0) is 20.5 Å². The summed E-state index contributed by atoms with van der Waals surface area (Å²) >= 11 is 9.04. The number of hydrogen-bond donors (Lipinski definition) is 1. The fraction of sp³-hybridized carbons (Fsp3) is 0.241. The fourth-order valence-electron chi connectivity index (χ4n) is 4.64. The Hall–Kier alpha value is -3.90. The molecule has 8 nitrogen and oxygen atoms in total. The molecule has 3 aromatic carbocycles. The molecular formula is C29H23BrClF3N4O4. The number of benzene rings is 3. The van der Waals surface area contributed by atoms with E-state index in [0.29, 0.717) is 40.5 Å². The number of para-hydroxylation sites is 1. The first-order valence-corrected chi connectivity index (χ1v) is 14.0. The fourth-order valence-corrected chi connectivity index (χ4v) is 5.25. The van der Waals surface area contributed by atoms with Crippen LogP contribution in [0.5, 0.6) is 0 Å². The van der Waals surface area contributed by atoms with Crippen molar-refractivity contribution in [2.45, 2.75) is 31.2 Å².